The van der Waals surface area contributed by atoms with E-state index in [4.69, 9.17) is 9.79 Å². The van der Waals surface area contributed by atoms with Crippen molar-refractivity contribution in [3.8, 4) is 0 Å². The van der Waals surface area contributed by atoms with E-state index >= 15 is 0 Å². The SMILES string of the molecule is C(=NC1CCCCC1)=NC1CCCCC1.CC[S+]([O-])CP(=O)(O)O. The summed E-state index contributed by atoms with van der Waals surface area (Å²) in [6, 6.07) is 4.04. The molecule has 2 rings (SSSR count). The number of aliphatic imine (C=N–C) groups is 2. The molecule has 1 unspecified atom stereocenters. The van der Waals surface area contributed by atoms with E-state index in [1.165, 1.54) is 64.2 Å². The summed E-state index contributed by atoms with van der Waals surface area (Å²) in [4.78, 5) is 25.4. The molecule has 2 aliphatic carbocycles. The van der Waals surface area contributed by atoms with Gasteiger partial charge < -0.3 is 14.3 Å². The Morgan fingerprint density at radius 3 is 1.71 bits per heavy atom. The van der Waals surface area contributed by atoms with E-state index in [1.54, 1.807) is 6.92 Å². The molecule has 140 valence electrons. The molecule has 0 bridgehead atoms. The number of rotatable bonds is 5. The fraction of sp³-hybridized carbons (Fsp3) is 0.938. The summed E-state index contributed by atoms with van der Waals surface area (Å²) in [5.74, 6) is 0.297. The molecule has 6 nitrogen and oxygen atoms in total. The second kappa shape index (κ2) is 12.2. The Morgan fingerprint density at radius 1 is 1.00 bits per heavy atom. The van der Waals surface area contributed by atoms with Crippen LogP contribution < -0.4 is 0 Å². The Hall–Kier alpha value is -0.160. The van der Waals surface area contributed by atoms with Gasteiger partial charge in [-0.25, -0.2) is 9.98 Å². The molecule has 0 aromatic carbocycles. The van der Waals surface area contributed by atoms with Crippen LogP contribution in [0.2, 0.25) is 0 Å². The summed E-state index contributed by atoms with van der Waals surface area (Å²) < 4.78 is 20.5. The molecule has 0 aromatic heterocycles. The molecule has 0 aromatic rings. The van der Waals surface area contributed by atoms with Crippen LogP contribution in [0.5, 0.6) is 0 Å². The molecule has 0 heterocycles. The minimum absolute atomic E-state index is 0.297. The highest BCUT2D eigenvalue weighted by Crippen LogP contribution is 2.35. The van der Waals surface area contributed by atoms with Crippen LogP contribution in [0.1, 0.15) is 71.1 Å². The Labute approximate surface area is 148 Å². The third-order valence-electron chi connectivity index (χ3n) is 4.26. The van der Waals surface area contributed by atoms with Crippen molar-refractivity contribution in [1.29, 1.82) is 0 Å². The predicted octanol–water partition coefficient (Wildman–Crippen LogP) is 3.72. The summed E-state index contributed by atoms with van der Waals surface area (Å²) in [6.45, 7) is 1.62. The van der Waals surface area contributed by atoms with E-state index in [1.807, 2.05) is 0 Å². The summed E-state index contributed by atoms with van der Waals surface area (Å²) >= 11 is -1.36. The molecular formula is C16H31N2O4PS. The molecule has 2 saturated carbocycles. The van der Waals surface area contributed by atoms with Crippen molar-refractivity contribution in [1.82, 2.24) is 0 Å². The van der Waals surface area contributed by atoms with Crippen molar-refractivity contribution in [2.24, 2.45) is 9.98 Å². The Kier molecular flexibility index (Phi) is 11.2. The monoisotopic (exact) mass is 378 g/mol. The van der Waals surface area contributed by atoms with Crippen LogP contribution >= 0.6 is 7.60 Å². The Balaban J connectivity index is 0.000000277. The zero-order valence-corrected chi connectivity index (χ0v) is 16.3. The largest absolute Gasteiger partial charge is 0.616 e. The third kappa shape index (κ3) is 11.4. The molecule has 1 atom stereocenters. The van der Waals surface area contributed by atoms with Gasteiger partial charge in [0, 0.05) is 0 Å². The van der Waals surface area contributed by atoms with Crippen LogP contribution in [0.25, 0.3) is 0 Å². The number of nitrogens with zero attached hydrogens (tertiary/aromatic N) is 2. The van der Waals surface area contributed by atoms with Gasteiger partial charge in [-0.05, 0) is 43.8 Å². The van der Waals surface area contributed by atoms with Gasteiger partial charge in [-0.15, -0.1) is 0 Å². The van der Waals surface area contributed by atoms with E-state index in [9.17, 15) is 9.12 Å². The van der Waals surface area contributed by atoms with E-state index < -0.39 is 24.3 Å². The van der Waals surface area contributed by atoms with Gasteiger partial charge in [-0.3, -0.25) is 4.57 Å². The second-order valence-corrected chi connectivity index (χ2v) is 10.3. The molecule has 0 spiro atoms. The molecular weight excluding hydrogens is 347 g/mol. The first-order valence-electron chi connectivity index (χ1n) is 8.95. The highest BCUT2D eigenvalue weighted by molar-refractivity contribution is 7.97. The Morgan fingerprint density at radius 2 is 1.42 bits per heavy atom. The normalized spacial score (nSPS) is 21.2. The quantitative estimate of drug-likeness (QED) is 0.432. The predicted molar refractivity (Wildman–Crippen MR) is 99.2 cm³/mol. The maximum atomic E-state index is 10.4. The lowest BCUT2D eigenvalue weighted by atomic mass is 9.96. The summed E-state index contributed by atoms with van der Waals surface area (Å²) in [7, 11) is -4.04. The second-order valence-electron chi connectivity index (χ2n) is 6.46. The first kappa shape index (κ1) is 21.9. The lowest BCUT2D eigenvalue weighted by Crippen LogP contribution is -2.10. The molecule has 0 amide bonds. The van der Waals surface area contributed by atoms with Gasteiger partial charge in [0.05, 0.1) is 18.1 Å². The number of hydrogen-bond donors (Lipinski definition) is 2. The van der Waals surface area contributed by atoms with E-state index in [-0.39, 0.29) is 0 Å². The maximum absolute atomic E-state index is 10.4. The van der Waals surface area contributed by atoms with Crippen LogP contribution in [-0.4, -0.2) is 43.7 Å². The third-order valence-corrected chi connectivity index (χ3v) is 7.41. The molecule has 8 heteroatoms. The first-order chi connectivity index (χ1) is 11.4. The molecule has 0 saturated heterocycles. The minimum Gasteiger partial charge on any atom is -0.616 e. The summed E-state index contributed by atoms with van der Waals surface area (Å²) in [6.07, 6.45) is 13.2. The van der Waals surface area contributed by atoms with Crippen LogP contribution in [-0.2, 0) is 15.7 Å². The van der Waals surface area contributed by atoms with Gasteiger partial charge in [0.15, 0.2) is 0 Å². The lowest BCUT2D eigenvalue weighted by molar-refractivity contribution is 0.378. The highest BCUT2D eigenvalue weighted by atomic mass is 32.2. The van der Waals surface area contributed by atoms with Crippen molar-refractivity contribution in [3.63, 3.8) is 0 Å². The van der Waals surface area contributed by atoms with Crippen LogP contribution in [0.15, 0.2) is 9.98 Å². The van der Waals surface area contributed by atoms with Crippen molar-refractivity contribution in [3.05, 3.63) is 0 Å². The van der Waals surface area contributed by atoms with E-state index in [0.717, 1.165) is 0 Å². The van der Waals surface area contributed by atoms with E-state index in [0.29, 0.717) is 17.8 Å². The molecule has 2 aliphatic rings. The van der Waals surface area contributed by atoms with Gasteiger partial charge in [0.2, 0.25) is 5.49 Å². The van der Waals surface area contributed by atoms with Gasteiger partial charge >= 0.3 is 7.60 Å². The molecule has 2 fully saturated rings. The number of hydrogen-bond acceptors (Lipinski definition) is 4. The fourth-order valence-electron chi connectivity index (χ4n) is 2.90. The average Bonchev–Trinajstić information content (AvgIpc) is 2.56. The molecule has 0 radical (unpaired) electrons. The van der Waals surface area contributed by atoms with Gasteiger partial charge in [-0.2, -0.15) is 0 Å². The van der Waals surface area contributed by atoms with Gasteiger partial charge in [0.25, 0.3) is 0 Å². The lowest BCUT2D eigenvalue weighted by Gasteiger charge is -2.17. The topological polar surface area (TPSA) is 105 Å². The molecule has 2 N–H and O–H groups in total. The Bertz CT molecular complexity index is 417. The molecule has 24 heavy (non-hydrogen) atoms. The summed E-state index contributed by atoms with van der Waals surface area (Å²) in [5, 5.41) is 0. The minimum atomic E-state index is -4.04. The summed E-state index contributed by atoms with van der Waals surface area (Å²) in [5.41, 5.74) is -0.510. The molecule has 0 aliphatic heterocycles. The van der Waals surface area contributed by atoms with Crippen LogP contribution in [0.4, 0.5) is 0 Å². The van der Waals surface area contributed by atoms with Crippen molar-refractivity contribution in [2.75, 3.05) is 11.2 Å². The zero-order chi connectivity index (χ0) is 17.8. The van der Waals surface area contributed by atoms with Gasteiger partial charge in [0.1, 0.15) is 5.75 Å². The van der Waals surface area contributed by atoms with Gasteiger partial charge in [-0.1, -0.05) is 38.5 Å². The first-order valence-corrected chi connectivity index (χ1v) is 12.2. The van der Waals surface area contributed by atoms with Crippen molar-refractivity contribution < 1.29 is 18.9 Å². The maximum Gasteiger partial charge on any atom is 0.374 e. The standard InChI is InChI=1S/C13H22N2.C3H9O4PS/c1-3-7-12(8-4-1)14-11-15-13-9-5-2-6-10-13;1-2-9(7)3-8(4,5)6/h12-13H,1-10H2;2-3H2,1H3,(H2,4,5,6). The highest BCUT2D eigenvalue weighted by Gasteiger charge is 2.20. The van der Waals surface area contributed by atoms with Crippen LogP contribution in [0, 0.1) is 0 Å². The fourth-order valence-corrected chi connectivity index (χ4v) is 5.13. The smallest absolute Gasteiger partial charge is 0.374 e. The zero-order valence-electron chi connectivity index (χ0n) is 14.6. The average molecular weight is 378 g/mol. The van der Waals surface area contributed by atoms with Crippen LogP contribution in [0.3, 0.4) is 0 Å². The van der Waals surface area contributed by atoms with Crippen molar-refractivity contribution in [2.45, 2.75) is 83.2 Å². The van der Waals surface area contributed by atoms with E-state index in [2.05, 4.69) is 16.0 Å². The van der Waals surface area contributed by atoms with Crippen molar-refractivity contribution >= 4 is 24.8 Å².